The second-order valence-corrected chi connectivity index (χ2v) is 4.79. The normalized spacial score (nSPS) is 10.9. The van der Waals surface area contributed by atoms with Gasteiger partial charge in [-0.3, -0.25) is 0 Å². The fourth-order valence-electron chi connectivity index (χ4n) is 2.29. The minimum absolute atomic E-state index is 0.394. The molecule has 0 bridgehead atoms. The number of rotatable bonds is 2. The van der Waals surface area contributed by atoms with Gasteiger partial charge in [0.1, 0.15) is 11.3 Å². The van der Waals surface area contributed by atoms with E-state index in [1.165, 1.54) is 6.07 Å². The minimum Gasteiger partial charge on any atom is -0.437 e. The molecule has 2 heterocycles. The maximum absolute atomic E-state index is 11.3. The lowest BCUT2D eigenvalue weighted by molar-refractivity contribution is 0.460. The highest BCUT2D eigenvalue weighted by Crippen LogP contribution is 2.28. The molecule has 4 aromatic rings. The quantitative estimate of drug-likeness (QED) is 0.528. The molecule has 0 atom stereocenters. The van der Waals surface area contributed by atoms with Crippen molar-refractivity contribution in [3.8, 4) is 11.6 Å². The second kappa shape index (κ2) is 4.96. The highest BCUT2D eigenvalue weighted by Gasteiger charge is 2.07. The van der Waals surface area contributed by atoms with Crippen LogP contribution in [0.2, 0.25) is 0 Å². The van der Waals surface area contributed by atoms with Crippen LogP contribution in [-0.2, 0) is 0 Å². The van der Waals surface area contributed by atoms with Crippen LogP contribution in [0.4, 0.5) is 0 Å². The number of hydrogen-bond donors (Lipinski definition) is 0. The van der Waals surface area contributed by atoms with E-state index in [9.17, 15) is 4.79 Å². The Bertz CT molecular complexity index is 1040. The van der Waals surface area contributed by atoms with Gasteiger partial charge in [0.2, 0.25) is 5.88 Å². The molecule has 0 saturated carbocycles. The molecule has 0 fully saturated rings. The summed E-state index contributed by atoms with van der Waals surface area (Å²) in [4.78, 5) is 11.3. The Labute approximate surface area is 124 Å². The van der Waals surface area contributed by atoms with Crippen molar-refractivity contribution >= 4 is 21.7 Å². The second-order valence-electron chi connectivity index (χ2n) is 4.79. The molecule has 22 heavy (non-hydrogen) atoms. The molecule has 5 nitrogen and oxygen atoms in total. The van der Waals surface area contributed by atoms with E-state index < -0.39 is 5.63 Å². The third kappa shape index (κ3) is 2.18. The van der Waals surface area contributed by atoms with Gasteiger partial charge in [0.25, 0.3) is 0 Å². The summed E-state index contributed by atoms with van der Waals surface area (Å²) in [5, 5.41) is 10.6. The van der Waals surface area contributed by atoms with Crippen molar-refractivity contribution in [2.45, 2.75) is 0 Å². The van der Waals surface area contributed by atoms with Crippen molar-refractivity contribution in [1.29, 1.82) is 0 Å². The Balaban J connectivity index is 1.80. The molecule has 5 heteroatoms. The Kier molecular flexibility index (Phi) is 2.83. The van der Waals surface area contributed by atoms with Crippen molar-refractivity contribution < 1.29 is 9.15 Å². The highest BCUT2D eigenvalue weighted by atomic mass is 16.5. The van der Waals surface area contributed by atoms with Gasteiger partial charge in [0.15, 0.2) is 0 Å². The number of hydrogen-bond acceptors (Lipinski definition) is 5. The van der Waals surface area contributed by atoms with E-state index in [1.807, 2.05) is 30.3 Å². The summed E-state index contributed by atoms with van der Waals surface area (Å²) in [5.41, 5.74) is 0.0767. The van der Waals surface area contributed by atoms with E-state index in [-0.39, 0.29) is 0 Å². The van der Waals surface area contributed by atoms with Crippen molar-refractivity contribution in [2.24, 2.45) is 0 Å². The first kappa shape index (κ1) is 12.5. The number of ether oxygens (including phenoxy) is 1. The van der Waals surface area contributed by atoms with Crippen molar-refractivity contribution in [1.82, 2.24) is 10.2 Å². The molecule has 0 N–H and O–H groups in total. The van der Waals surface area contributed by atoms with Crippen LogP contribution >= 0.6 is 0 Å². The monoisotopic (exact) mass is 290 g/mol. The topological polar surface area (TPSA) is 65.2 Å². The highest BCUT2D eigenvalue weighted by molar-refractivity contribution is 5.86. The molecule has 0 aliphatic carbocycles. The summed E-state index contributed by atoms with van der Waals surface area (Å²) in [7, 11) is 0. The van der Waals surface area contributed by atoms with Crippen LogP contribution in [-0.4, -0.2) is 10.2 Å². The maximum atomic E-state index is 11.3. The number of aromatic nitrogens is 2. The van der Waals surface area contributed by atoms with Gasteiger partial charge < -0.3 is 9.15 Å². The Hall–Kier alpha value is -3.21. The van der Waals surface area contributed by atoms with Crippen LogP contribution in [0.15, 0.2) is 70.0 Å². The fourth-order valence-corrected chi connectivity index (χ4v) is 2.29. The average Bonchev–Trinajstić information content (AvgIpc) is 2.55. The first-order valence-corrected chi connectivity index (χ1v) is 6.72. The molecule has 2 aromatic carbocycles. The molecular weight excluding hydrogens is 280 g/mol. The van der Waals surface area contributed by atoms with E-state index in [1.54, 1.807) is 24.4 Å². The first-order chi connectivity index (χ1) is 10.8. The third-order valence-corrected chi connectivity index (χ3v) is 3.35. The number of nitrogens with zero attached hydrogens (tertiary/aromatic N) is 2. The molecule has 0 radical (unpaired) electrons. The lowest BCUT2D eigenvalue weighted by Crippen LogP contribution is -1.95. The maximum Gasteiger partial charge on any atom is 0.336 e. The van der Waals surface area contributed by atoms with E-state index >= 15 is 0 Å². The van der Waals surface area contributed by atoms with Crippen molar-refractivity contribution in [3.05, 3.63) is 71.2 Å². The summed E-state index contributed by atoms with van der Waals surface area (Å²) >= 11 is 0. The number of benzene rings is 2. The predicted octanol–water partition coefficient (Wildman–Crippen LogP) is 3.53. The van der Waals surface area contributed by atoms with E-state index in [0.717, 1.165) is 16.2 Å². The Morgan fingerprint density at radius 3 is 2.77 bits per heavy atom. The number of fused-ring (bicyclic) bond motifs is 2. The van der Waals surface area contributed by atoms with Crippen LogP contribution in [0.1, 0.15) is 0 Å². The zero-order valence-electron chi connectivity index (χ0n) is 11.4. The van der Waals surface area contributed by atoms with E-state index in [0.29, 0.717) is 17.2 Å². The standard InChI is InChI=1S/C17H10N2O3/c20-16-8-6-11-5-7-13(9-15(11)22-16)21-17-14-4-2-1-3-12(14)10-18-19-17/h1-10H. The molecule has 0 aliphatic heterocycles. The summed E-state index contributed by atoms with van der Waals surface area (Å²) in [6.07, 6.45) is 1.68. The Morgan fingerprint density at radius 1 is 0.955 bits per heavy atom. The van der Waals surface area contributed by atoms with Crippen LogP contribution in [0.5, 0.6) is 11.6 Å². The Morgan fingerprint density at radius 2 is 1.82 bits per heavy atom. The van der Waals surface area contributed by atoms with Gasteiger partial charge in [-0.25, -0.2) is 4.79 Å². The summed E-state index contributed by atoms with van der Waals surface area (Å²) in [6.45, 7) is 0. The largest absolute Gasteiger partial charge is 0.437 e. The molecule has 0 unspecified atom stereocenters. The zero-order chi connectivity index (χ0) is 14.9. The van der Waals surface area contributed by atoms with Crippen LogP contribution in [0.25, 0.3) is 21.7 Å². The summed E-state index contributed by atoms with van der Waals surface area (Å²) in [6, 6.07) is 16.1. The van der Waals surface area contributed by atoms with Gasteiger partial charge >= 0.3 is 5.63 Å². The van der Waals surface area contributed by atoms with Crippen LogP contribution < -0.4 is 10.4 Å². The van der Waals surface area contributed by atoms with Crippen molar-refractivity contribution in [3.63, 3.8) is 0 Å². The van der Waals surface area contributed by atoms with E-state index in [4.69, 9.17) is 9.15 Å². The summed E-state index contributed by atoms with van der Waals surface area (Å²) < 4.78 is 11.0. The van der Waals surface area contributed by atoms with Gasteiger partial charge in [-0.15, -0.1) is 5.10 Å². The molecular formula is C17H10N2O3. The molecule has 106 valence electrons. The summed E-state index contributed by atoms with van der Waals surface area (Å²) in [5.74, 6) is 0.947. The first-order valence-electron chi connectivity index (χ1n) is 6.72. The lowest BCUT2D eigenvalue weighted by Gasteiger charge is -2.07. The van der Waals surface area contributed by atoms with Crippen LogP contribution in [0, 0.1) is 0 Å². The smallest absolute Gasteiger partial charge is 0.336 e. The molecule has 0 amide bonds. The molecule has 0 saturated heterocycles. The van der Waals surface area contributed by atoms with Gasteiger partial charge in [-0.1, -0.05) is 18.2 Å². The average molecular weight is 290 g/mol. The zero-order valence-corrected chi connectivity index (χ0v) is 11.4. The van der Waals surface area contributed by atoms with Gasteiger partial charge in [0.05, 0.1) is 6.20 Å². The molecule has 0 aliphatic rings. The SMILES string of the molecule is O=c1ccc2ccc(Oc3nncc4ccccc34)cc2o1. The van der Waals surface area contributed by atoms with Gasteiger partial charge in [0, 0.05) is 28.3 Å². The van der Waals surface area contributed by atoms with E-state index in [2.05, 4.69) is 10.2 Å². The van der Waals surface area contributed by atoms with Gasteiger partial charge in [-0.2, -0.15) is 5.10 Å². The van der Waals surface area contributed by atoms with Gasteiger partial charge in [-0.05, 0) is 24.3 Å². The molecule has 0 spiro atoms. The van der Waals surface area contributed by atoms with Crippen LogP contribution in [0.3, 0.4) is 0 Å². The molecule has 4 rings (SSSR count). The molecule has 2 aromatic heterocycles. The van der Waals surface area contributed by atoms with Crippen molar-refractivity contribution in [2.75, 3.05) is 0 Å². The third-order valence-electron chi connectivity index (χ3n) is 3.35. The predicted molar refractivity (Wildman–Crippen MR) is 82.1 cm³/mol. The lowest BCUT2D eigenvalue weighted by atomic mass is 10.2. The fraction of sp³-hybridized carbons (Fsp3) is 0. The minimum atomic E-state index is -0.394.